The third kappa shape index (κ3) is 2.56. The lowest BCUT2D eigenvalue weighted by molar-refractivity contribution is -0.139. The fourth-order valence-corrected chi connectivity index (χ4v) is 3.20. The normalized spacial score (nSPS) is 22.9. The molecule has 0 aromatic heterocycles. The van der Waals surface area contributed by atoms with Crippen molar-refractivity contribution in [2.75, 3.05) is 24.5 Å². The van der Waals surface area contributed by atoms with Crippen molar-refractivity contribution in [1.29, 1.82) is 0 Å². The van der Waals surface area contributed by atoms with Crippen LogP contribution in [-0.4, -0.2) is 25.8 Å². The van der Waals surface area contributed by atoms with Crippen molar-refractivity contribution in [3.63, 3.8) is 0 Å². The summed E-state index contributed by atoms with van der Waals surface area (Å²) in [5.41, 5.74) is 3.06. The summed E-state index contributed by atoms with van der Waals surface area (Å²) < 4.78 is 38.0. The summed E-state index contributed by atoms with van der Waals surface area (Å²) >= 11 is 0. The molecule has 0 bridgehead atoms. The van der Waals surface area contributed by atoms with Crippen LogP contribution in [0.5, 0.6) is 0 Å². The quantitative estimate of drug-likeness (QED) is 0.844. The van der Waals surface area contributed by atoms with E-state index in [9.17, 15) is 13.2 Å². The Bertz CT molecular complexity index is 470. The molecule has 0 aliphatic carbocycles. The first-order chi connectivity index (χ1) is 9.04. The zero-order chi connectivity index (χ0) is 13.5. The van der Waals surface area contributed by atoms with E-state index in [4.69, 9.17) is 0 Å². The Kier molecular flexibility index (Phi) is 3.17. The van der Waals surface area contributed by atoms with E-state index in [0.717, 1.165) is 43.0 Å². The molecule has 1 aromatic carbocycles. The minimum atomic E-state index is -4.08. The average molecular weight is 270 g/mol. The van der Waals surface area contributed by atoms with Gasteiger partial charge in [-0.15, -0.1) is 0 Å². The molecular weight excluding hydrogens is 253 g/mol. The van der Waals surface area contributed by atoms with Crippen molar-refractivity contribution in [3.05, 3.63) is 29.3 Å². The summed E-state index contributed by atoms with van der Waals surface area (Å²) in [6.45, 7) is 3.24. The van der Waals surface area contributed by atoms with Gasteiger partial charge in [0.25, 0.3) is 0 Å². The zero-order valence-corrected chi connectivity index (χ0v) is 10.6. The number of hydrogen-bond donors (Lipinski definition) is 1. The molecule has 104 valence electrons. The van der Waals surface area contributed by atoms with Gasteiger partial charge >= 0.3 is 6.18 Å². The van der Waals surface area contributed by atoms with E-state index in [-0.39, 0.29) is 5.92 Å². The number of alkyl halides is 3. The first-order valence-corrected chi connectivity index (χ1v) is 6.69. The van der Waals surface area contributed by atoms with E-state index in [1.54, 1.807) is 0 Å². The highest BCUT2D eigenvalue weighted by Gasteiger charge is 2.36. The van der Waals surface area contributed by atoms with Crippen molar-refractivity contribution in [2.24, 2.45) is 0 Å². The second-order valence-corrected chi connectivity index (χ2v) is 5.32. The zero-order valence-electron chi connectivity index (χ0n) is 10.6. The van der Waals surface area contributed by atoms with E-state index in [1.165, 1.54) is 0 Å². The summed E-state index contributed by atoms with van der Waals surface area (Å²) in [6, 6.07) is 5.76. The fraction of sp³-hybridized carbons (Fsp3) is 0.571. The third-order valence-corrected chi connectivity index (χ3v) is 4.01. The van der Waals surface area contributed by atoms with Gasteiger partial charge in [0.05, 0.1) is 6.42 Å². The molecule has 0 unspecified atom stereocenters. The maximum absolute atomic E-state index is 12.7. The van der Waals surface area contributed by atoms with Crippen molar-refractivity contribution in [2.45, 2.75) is 31.5 Å². The Balaban J connectivity index is 1.99. The van der Waals surface area contributed by atoms with Gasteiger partial charge in [0.2, 0.25) is 0 Å². The number of halogens is 3. The van der Waals surface area contributed by atoms with Gasteiger partial charge in [-0.3, -0.25) is 0 Å². The Morgan fingerprint density at radius 2 is 2.11 bits per heavy atom. The number of nitrogens with one attached hydrogen (secondary N) is 1. The molecular formula is C14H17F3N2. The van der Waals surface area contributed by atoms with E-state index in [1.807, 2.05) is 18.2 Å². The lowest BCUT2D eigenvalue weighted by Gasteiger charge is -2.36. The van der Waals surface area contributed by atoms with Gasteiger partial charge in [-0.1, -0.05) is 18.2 Å². The Morgan fingerprint density at radius 1 is 1.26 bits per heavy atom. The van der Waals surface area contributed by atoms with Gasteiger partial charge in [0.1, 0.15) is 0 Å². The maximum atomic E-state index is 12.7. The molecule has 0 fully saturated rings. The molecule has 0 amide bonds. The van der Waals surface area contributed by atoms with Crippen LogP contribution in [0.2, 0.25) is 0 Å². The van der Waals surface area contributed by atoms with Gasteiger partial charge in [0.15, 0.2) is 0 Å². The van der Waals surface area contributed by atoms with Crippen LogP contribution in [0, 0.1) is 0 Å². The molecule has 2 heterocycles. The summed E-state index contributed by atoms with van der Waals surface area (Å²) in [6.07, 6.45) is -4.20. The van der Waals surface area contributed by atoms with Crippen molar-refractivity contribution >= 4 is 5.69 Å². The second kappa shape index (κ2) is 4.71. The van der Waals surface area contributed by atoms with Crippen LogP contribution in [0.1, 0.15) is 29.9 Å². The highest BCUT2D eigenvalue weighted by molar-refractivity contribution is 5.63. The molecule has 5 heteroatoms. The van der Waals surface area contributed by atoms with Crippen LogP contribution in [0.15, 0.2) is 18.2 Å². The number of hydrogen-bond acceptors (Lipinski definition) is 2. The van der Waals surface area contributed by atoms with Crippen LogP contribution in [0.4, 0.5) is 18.9 Å². The molecule has 0 radical (unpaired) electrons. The number of nitrogens with zero attached hydrogens (tertiary/aromatic N) is 1. The molecule has 3 rings (SSSR count). The Morgan fingerprint density at radius 3 is 2.89 bits per heavy atom. The third-order valence-electron chi connectivity index (χ3n) is 4.01. The van der Waals surface area contributed by atoms with Crippen LogP contribution >= 0.6 is 0 Å². The molecule has 19 heavy (non-hydrogen) atoms. The minimum Gasteiger partial charge on any atom is -0.370 e. The lowest BCUT2D eigenvalue weighted by Crippen LogP contribution is -2.35. The minimum absolute atomic E-state index is 0.385. The largest absolute Gasteiger partial charge is 0.389 e. The average Bonchev–Trinajstić information content (AvgIpc) is 2.55. The predicted molar refractivity (Wildman–Crippen MR) is 68.4 cm³/mol. The van der Waals surface area contributed by atoms with Crippen molar-refractivity contribution in [3.8, 4) is 0 Å². The summed E-state index contributed by atoms with van der Waals surface area (Å²) in [7, 11) is 0. The first-order valence-electron chi connectivity index (χ1n) is 6.69. The Labute approximate surface area is 110 Å². The highest BCUT2D eigenvalue weighted by atomic mass is 19.4. The van der Waals surface area contributed by atoms with Crippen molar-refractivity contribution < 1.29 is 13.2 Å². The SMILES string of the molecule is FC(F)(F)C[C@H]1CCN2CCNCc3cccc1c32. The van der Waals surface area contributed by atoms with Crippen molar-refractivity contribution in [1.82, 2.24) is 5.32 Å². The number of para-hydroxylation sites is 1. The van der Waals surface area contributed by atoms with Crippen LogP contribution in [-0.2, 0) is 6.54 Å². The molecule has 0 spiro atoms. The standard InChI is InChI=1S/C14H17F3N2/c15-14(16,17)8-10-4-6-19-7-5-18-9-11-2-1-3-12(10)13(11)19/h1-3,10,18H,4-9H2/t10-/m1/s1. The second-order valence-electron chi connectivity index (χ2n) is 5.32. The Hall–Kier alpha value is -1.23. The van der Waals surface area contributed by atoms with E-state index >= 15 is 0 Å². The molecule has 1 atom stereocenters. The smallest absolute Gasteiger partial charge is 0.370 e. The maximum Gasteiger partial charge on any atom is 0.389 e. The van der Waals surface area contributed by atoms with E-state index in [2.05, 4.69) is 10.2 Å². The van der Waals surface area contributed by atoms with Gasteiger partial charge in [-0.05, 0) is 23.5 Å². The summed E-state index contributed by atoms with van der Waals surface area (Å²) in [5, 5.41) is 3.32. The van der Waals surface area contributed by atoms with Gasteiger partial charge in [-0.2, -0.15) is 13.2 Å². The molecule has 0 saturated heterocycles. The van der Waals surface area contributed by atoms with E-state index < -0.39 is 12.6 Å². The fourth-order valence-electron chi connectivity index (χ4n) is 3.20. The number of anilines is 1. The van der Waals surface area contributed by atoms with Crippen LogP contribution < -0.4 is 10.2 Å². The molecule has 2 aliphatic rings. The molecule has 2 nitrogen and oxygen atoms in total. The number of benzene rings is 1. The molecule has 1 aromatic rings. The summed E-state index contributed by atoms with van der Waals surface area (Å²) in [4.78, 5) is 2.23. The van der Waals surface area contributed by atoms with E-state index in [0.29, 0.717) is 6.42 Å². The van der Waals surface area contributed by atoms with Crippen LogP contribution in [0.3, 0.4) is 0 Å². The molecule has 2 aliphatic heterocycles. The lowest BCUT2D eigenvalue weighted by atomic mass is 9.85. The first kappa shape index (κ1) is 12.8. The van der Waals surface area contributed by atoms with Gasteiger partial charge < -0.3 is 10.2 Å². The molecule has 0 saturated carbocycles. The highest BCUT2D eigenvalue weighted by Crippen LogP contribution is 2.43. The monoisotopic (exact) mass is 270 g/mol. The number of rotatable bonds is 1. The predicted octanol–water partition coefficient (Wildman–Crippen LogP) is 3.04. The van der Waals surface area contributed by atoms with Gasteiger partial charge in [-0.25, -0.2) is 0 Å². The summed E-state index contributed by atoms with van der Waals surface area (Å²) in [5.74, 6) is -0.385. The van der Waals surface area contributed by atoms with Crippen LogP contribution in [0.25, 0.3) is 0 Å². The van der Waals surface area contributed by atoms with Gasteiger partial charge in [0, 0.05) is 31.9 Å². The topological polar surface area (TPSA) is 15.3 Å². The molecule has 1 N–H and O–H groups in total.